The summed E-state index contributed by atoms with van der Waals surface area (Å²) in [6.45, 7) is 2.95. The van der Waals surface area contributed by atoms with Gasteiger partial charge in [-0.2, -0.15) is 0 Å². The van der Waals surface area contributed by atoms with Crippen molar-refractivity contribution in [3.05, 3.63) is 0 Å². The minimum absolute atomic E-state index is 0.104. The van der Waals surface area contributed by atoms with Gasteiger partial charge in [-0.3, -0.25) is 4.79 Å². The van der Waals surface area contributed by atoms with Crippen LogP contribution in [0.15, 0.2) is 0 Å². The van der Waals surface area contributed by atoms with E-state index >= 15 is 0 Å². The van der Waals surface area contributed by atoms with Gasteiger partial charge < -0.3 is 10.8 Å². The molecule has 1 atom stereocenters. The van der Waals surface area contributed by atoms with Crippen LogP contribution in [0.2, 0.25) is 0 Å². The molecule has 0 aromatic carbocycles. The van der Waals surface area contributed by atoms with Crippen LogP contribution >= 0.6 is 0 Å². The maximum Gasteiger partial charge on any atom is 0.306 e. The highest BCUT2D eigenvalue weighted by Gasteiger charge is 2.15. The summed E-state index contributed by atoms with van der Waals surface area (Å²) in [5.74, 6) is -0.701. The molecule has 0 bridgehead atoms. The van der Waals surface area contributed by atoms with Gasteiger partial charge in [-0.15, -0.1) is 0 Å². The van der Waals surface area contributed by atoms with E-state index in [0.717, 1.165) is 38.6 Å². The van der Waals surface area contributed by atoms with Gasteiger partial charge in [0.1, 0.15) is 0 Å². The molecule has 126 valence electrons. The quantitative estimate of drug-likeness (QED) is 0.388. The van der Waals surface area contributed by atoms with E-state index in [-0.39, 0.29) is 5.92 Å². The number of carboxylic acid groups (broad SMARTS) is 1. The lowest BCUT2D eigenvalue weighted by atomic mass is 9.95. The fraction of sp³-hybridized carbons (Fsp3) is 0.944. The smallest absolute Gasteiger partial charge is 0.306 e. The number of unbranched alkanes of at least 4 members (excludes halogenated alkanes) is 10. The second kappa shape index (κ2) is 15.8. The van der Waals surface area contributed by atoms with E-state index in [1.165, 1.54) is 57.8 Å². The highest BCUT2D eigenvalue weighted by Crippen LogP contribution is 2.18. The molecule has 0 aliphatic rings. The Morgan fingerprint density at radius 3 is 1.67 bits per heavy atom. The third kappa shape index (κ3) is 14.1. The maximum absolute atomic E-state index is 11.1. The number of rotatable bonds is 16. The third-order valence-electron chi connectivity index (χ3n) is 4.26. The normalized spacial score (nSPS) is 12.5. The van der Waals surface area contributed by atoms with Crippen molar-refractivity contribution >= 4 is 5.97 Å². The van der Waals surface area contributed by atoms with Gasteiger partial charge in [0.15, 0.2) is 0 Å². The van der Waals surface area contributed by atoms with E-state index in [0.29, 0.717) is 0 Å². The first kappa shape index (κ1) is 20.4. The fourth-order valence-corrected chi connectivity index (χ4v) is 2.79. The zero-order valence-corrected chi connectivity index (χ0v) is 14.1. The lowest BCUT2D eigenvalue weighted by Crippen LogP contribution is -2.13. The molecule has 0 fully saturated rings. The van der Waals surface area contributed by atoms with Gasteiger partial charge in [-0.1, -0.05) is 77.6 Å². The second-order valence-corrected chi connectivity index (χ2v) is 6.29. The van der Waals surface area contributed by atoms with Crippen LogP contribution in [0.5, 0.6) is 0 Å². The molecule has 21 heavy (non-hydrogen) atoms. The first-order valence-electron chi connectivity index (χ1n) is 9.15. The Kier molecular flexibility index (Phi) is 15.4. The fourth-order valence-electron chi connectivity index (χ4n) is 2.79. The summed E-state index contributed by atoms with van der Waals surface area (Å²) in [7, 11) is 0. The molecule has 0 saturated heterocycles. The first-order valence-corrected chi connectivity index (χ1v) is 9.15. The molecule has 0 aromatic rings. The minimum atomic E-state index is -0.596. The van der Waals surface area contributed by atoms with Crippen molar-refractivity contribution < 1.29 is 9.90 Å². The topological polar surface area (TPSA) is 63.3 Å². The van der Waals surface area contributed by atoms with Crippen molar-refractivity contribution in [3.63, 3.8) is 0 Å². The average molecular weight is 299 g/mol. The third-order valence-corrected chi connectivity index (χ3v) is 4.26. The van der Waals surface area contributed by atoms with Gasteiger partial charge in [0, 0.05) is 0 Å². The summed E-state index contributed by atoms with van der Waals surface area (Å²) in [5, 5.41) is 9.15. The molecule has 3 nitrogen and oxygen atoms in total. The Morgan fingerprint density at radius 2 is 1.24 bits per heavy atom. The molecular formula is C18H37NO2. The Balaban J connectivity index is 3.31. The first-order chi connectivity index (χ1) is 10.2. The predicted octanol–water partition coefficient (Wildman–Crippen LogP) is 5.13. The van der Waals surface area contributed by atoms with Gasteiger partial charge in [0.2, 0.25) is 0 Å². The molecule has 0 amide bonds. The minimum Gasteiger partial charge on any atom is -0.481 e. The van der Waals surface area contributed by atoms with Crippen molar-refractivity contribution in [1.82, 2.24) is 0 Å². The number of hydrogen-bond acceptors (Lipinski definition) is 2. The van der Waals surface area contributed by atoms with Crippen LogP contribution in [0.3, 0.4) is 0 Å². The van der Waals surface area contributed by atoms with E-state index in [2.05, 4.69) is 6.92 Å². The van der Waals surface area contributed by atoms with E-state index in [9.17, 15) is 4.79 Å². The molecule has 0 heterocycles. The Bertz CT molecular complexity index is 231. The van der Waals surface area contributed by atoms with Crippen molar-refractivity contribution in [2.75, 3.05) is 6.54 Å². The van der Waals surface area contributed by atoms with E-state index < -0.39 is 5.97 Å². The number of carbonyl (C=O) groups is 1. The van der Waals surface area contributed by atoms with E-state index in [4.69, 9.17) is 10.8 Å². The van der Waals surface area contributed by atoms with Crippen LogP contribution in [0, 0.1) is 5.92 Å². The van der Waals surface area contributed by atoms with Gasteiger partial charge in [-0.05, 0) is 25.8 Å². The van der Waals surface area contributed by atoms with E-state index in [1.54, 1.807) is 0 Å². The summed E-state index contributed by atoms with van der Waals surface area (Å²) < 4.78 is 0. The molecule has 0 spiro atoms. The molecule has 0 aliphatic heterocycles. The van der Waals surface area contributed by atoms with Crippen molar-refractivity contribution in [1.29, 1.82) is 0 Å². The standard InChI is InChI=1S/C18H37NO2/c1-2-3-14-17(18(20)21)15-12-10-8-6-4-5-7-9-11-13-16-19/h17H,2-16,19H2,1H3,(H,20,21). The highest BCUT2D eigenvalue weighted by atomic mass is 16.4. The summed E-state index contributed by atoms with van der Waals surface area (Å²) in [6, 6.07) is 0. The number of aliphatic carboxylic acids is 1. The molecule has 0 radical (unpaired) electrons. The molecule has 3 N–H and O–H groups in total. The number of nitrogens with two attached hydrogens (primary N) is 1. The van der Waals surface area contributed by atoms with Gasteiger partial charge >= 0.3 is 5.97 Å². The van der Waals surface area contributed by atoms with Crippen molar-refractivity contribution in [3.8, 4) is 0 Å². The van der Waals surface area contributed by atoms with Crippen LogP contribution in [-0.4, -0.2) is 17.6 Å². The van der Waals surface area contributed by atoms with Crippen LogP contribution in [0.4, 0.5) is 0 Å². The zero-order chi connectivity index (χ0) is 15.8. The van der Waals surface area contributed by atoms with Crippen molar-refractivity contribution in [2.24, 2.45) is 11.7 Å². The lowest BCUT2D eigenvalue weighted by molar-refractivity contribution is -0.142. The average Bonchev–Trinajstić information content (AvgIpc) is 2.47. The molecule has 0 aromatic heterocycles. The van der Waals surface area contributed by atoms with Crippen LogP contribution in [0.25, 0.3) is 0 Å². The zero-order valence-electron chi connectivity index (χ0n) is 14.1. The Morgan fingerprint density at radius 1 is 0.810 bits per heavy atom. The summed E-state index contributed by atoms with van der Waals surface area (Å²) >= 11 is 0. The summed E-state index contributed by atoms with van der Waals surface area (Å²) in [5.41, 5.74) is 5.47. The summed E-state index contributed by atoms with van der Waals surface area (Å²) in [4.78, 5) is 11.1. The summed E-state index contributed by atoms with van der Waals surface area (Å²) in [6.07, 6.45) is 16.5. The van der Waals surface area contributed by atoms with Crippen molar-refractivity contribution in [2.45, 2.75) is 96.8 Å². The monoisotopic (exact) mass is 299 g/mol. The lowest BCUT2D eigenvalue weighted by Gasteiger charge is -2.11. The molecule has 0 saturated carbocycles. The molecule has 1 unspecified atom stereocenters. The van der Waals surface area contributed by atoms with Gasteiger partial charge in [0.25, 0.3) is 0 Å². The molecule has 0 rings (SSSR count). The molecular weight excluding hydrogens is 262 g/mol. The molecule has 0 aliphatic carbocycles. The van der Waals surface area contributed by atoms with Gasteiger partial charge in [0.05, 0.1) is 5.92 Å². The predicted molar refractivity (Wildman–Crippen MR) is 90.5 cm³/mol. The second-order valence-electron chi connectivity index (χ2n) is 6.29. The van der Waals surface area contributed by atoms with Crippen LogP contribution in [-0.2, 0) is 4.79 Å². The Hall–Kier alpha value is -0.570. The number of hydrogen-bond donors (Lipinski definition) is 2. The highest BCUT2D eigenvalue weighted by molar-refractivity contribution is 5.69. The molecule has 3 heteroatoms. The number of carboxylic acids is 1. The SMILES string of the molecule is CCCCC(CCCCCCCCCCCCN)C(=O)O. The van der Waals surface area contributed by atoms with Gasteiger partial charge in [-0.25, -0.2) is 0 Å². The maximum atomic E-state index is 11.1. The van der Waals surface area contributed by atoms with Crippen LogP contribution < -0.4 is 5.73 Å². The van der Waals surface area contributed by atoms with E-state index in [1.807, 2.05) is 0 Å². The largest absolute Gasteiger partial charge is 0.481 e. The Labute approximate surface area is 131 Å². The van der Waals surface area contributed by atoms with Crippen LogP contribution in [0.1, 0.15) is 96.8 Å².